The summed E-state index contributed by atoms with van der Waals surface area (Å²) in [6.07, 6.45) is 2.05. The molecular weight excluding hydrogens is 200 g/mol. The average molecular weight is 211 g/mol. The Morgan fingerprint density at radius 1 is 1.38 bits per heavy atom. The van der Waals surface area contributed by atoms with Gasteiger partial charge in [-0.3, -0.25) is 0 Å². The van der Waals surface area contributed by atoms with Crippen molar-refractivity contribution >= 4 is 21.4 Å². The Morgan fingerprint density at radius 3 is 2.54 bits per heavy atom. The maximum absolute atomic E-state index is 5.74. The van der Waals surface area contributed by atoms with Crippen molar-refractivity contribution in [2.75, 3.05) is 0 Å². The minimum atomic E-state index is 0.398. The van der Waals surface area contributed by atoms with Gasteiger partial charge in [-0.25, -0.2) is 0 Å². The number of benzene rings is 1. The van der Waals surface area contributed by atoms with Crippen LogP contribution in [-0.4, -0.2) is 9.76 Å². The second kappa shape index (κ2) is 5.10. The molecule has 3 heteroatoms. The molecule has 0 atom stereocenters. The molecule has 68 valence electrons. The molecule has 0 fully saturated rings. The van der Waals surface area contributed by atoms with Crippen LogP contribution in [0, 0.1) is 0 Å². The summed E-state index contributed by atoms with van der Waals surface area (Å²) in [4.78, 5) is 0. The van der Waals surface area contributed by atoms with E-state index in [1.807, 2.05) is 44.2 Å². The Labute approximate surface area is 86.3 Å². The van der Waals surface area contributed by atoms with E-state index in [4.69, 9.17) is 16.0 Å². The maximum Gasteiger partial charge on any atom is 0.346 e. The van der Waals surface area contributed by atoms with Crippen molar-refractivity contribution in [3.8, 4) is 5.75 Å². The van der Waals surface area contributed by atoms with Crippen LogP contribution >= 0.6 is 11.6 Å². The smallest absolute Gasteiger partial charge is 0.346 e. The molecule has 0 amide bonds. The molecule has 0 saturated carbocycles. The van der Waals surface area contributed by atoms with E-state index in [2.05, 4.69) is 0 Å². The zero-order valence-electron chi connectivity index (χ0n) is 7.67. The number of hydrogen-bond donors (Lipinski definition) is 0. The van der Waals surface area contributed by atoms with Crippen LogP contribution in [0.2, 0.25) is 5.02 Å². The molecule has 0 spiro atoms. The van der Waals surface area contributed by atoms with Crippen LogP contribution in [0.5, 0.6) is 5.75 Å². The normalized spacial score (nSPS) is 11.5. The van der Waals surface area contributed by atoms with Gasteiger partial charge in [0.25, 0.3) is 0 Å². The van der Waals surface area contributed by atoms with Gasteiger partial charge in [-0.1, -0.05) is 17.7 Å². The minimum absolute atomic E-state index is 0.398. The van der Waals surface area contributed by atoms with Gasteiger partial charge in [0.15, 0.2) is 0 Å². The van der Waals surface area contributed by atoms with E-state index in [1.54, 1.807) is 0 Å². The third kappa shape index (κ3) is 3.66. The first-order chi connectivity index (χ1) is 6.22. The molecule has 0 aliphatic carbocycles. The monoisotopic (exact) mass is 210 g/mol. The Bertz CT molecular complexity index is 292. The number of halogens is 1. The summed E-state index contributed by atoms with van der Waals surface area (Å²) in [6.45, 7) is 4.06. The Kier molecular flexibility index (Phi) is 4.06. The Balaban J connectivity index is 2.51. The van der Waals surface area contributed by atoms with Gasteiger partial charge in [0.1, 0.15) is 5.75 Å². The predicted octanol–water partition coefficient (Wildman–Crippen LogP) is 3.26. The van der Waals surface area contributed by atoms with Gasteiger partial charge < -0.3 is 4.43 Å². The highest BCUT2D eigenvalue weighted by molar-refractivity contribution is 6.38. The number of rotatable bonds is 3. The standard InChI is InChI=1S/C10H11ClOSi/c1-3-8(2)13-12-10-6-4-9(11)5-7-10/h3-7H,1-2H3/b8-3+. The highest BCUT2D eigenvalue weighted by Gasteiger charge is 1.96. The zero-order valence-corrected chi connectivity index (χ0v) is 9.43. The molecule has 0 aromatic heterocycles. The van der Waals surface area contributed by atoms with Gasteiger partial charge in [0, 0.05) is 5.02 Å². The molecule has 1 nitrogen and oxygen atoms in total. The molecule has 0 N–H and O–H groups in total. The Morgan fingerprint density at radius 2 is 2.00 bits per heavy atom. The van der Waals surface area contributed by atoms with E-state index in [0.717, 1.165) is 10.8 Å². The van der Waals surface area contributed by atoms with E-state index < -0.39 is 0 Å². The lowest BCUT2D eigenvalue weighted by molar-refractivity contribution is 0.600. The van der Waals surface area contributed by atoms with Gasteiger partial charge >= 0.3 is 9.76 Å². The van der Waals surface area contributed by atoms with Crippen LogP contribution in [0.15, 0.2) is 35.5 Å². The van der Waals surface area contributed by atoms with E-state index in [1.165, 1.54) is 5.20 Å². The number of allylic oxidation sites excluding steroid dienone is 2. The molecule has 0 aliphatic rings. The Hall–Kier alpha value is -0.733. The van der Waals surface area contributed by atoms with Crippen molar-refractivity contribution in [1.82, 2.24) is 0 Å². The first-order valence-corrected chi connectivity index (χ1v) is 5.32. The van der Waals surface area contributed by atoms with Crippen molar-refractivity contribution in [3.63, 3.8) is 0 Å². The molecule has 0 unspecified atom stereocenters. The fraction of sp³-hybridized carbons (Fsp3) is 0.200. The predicted molar refractivity (Wildman–Crippen MR) is 57.3 cm³/mol. The first-order valence-electron chi connectivity index (χ1n) is 4.03. The summed E-state index contributed by atoms with van der Waals surface area (Å²) in [5, 5.41) is 1.98. The zero-order chi connectivity index (χ0) is 9.68. The highest BCUT2D eigenvalue weighted by atomic mass is 35.5. The average Bonchev–Trinajstić information content (AvgIpc) is 2.16. The topological polar surface area (TPSA) is 9.23 Å². The second-order valence-electron chi connectivity index (χ2n) is 2.63. The van der Waals surface area contributed by atoms with Gasteiger partial charge in [-0.05, 0) is 43.3 Å². The van der Waals surface area contributed by atoms with Crippen molar-refractivity contribution in [2.45, 2.75) is 13.8 Å². The molecule has 0 aliphatic heterocycles. The fourth-order valence-electron chi connectivity index (χ4n) is 0.701. The molecule has 0 saturated heterocycles. The number of hydrogen-bond acceptors (Lipinski definition) is 1. The third-order valence-corrected chi connectivity index (χ3v) is 2.78. The van der Waals surface area contributed by atoms with Gasteiger partial charge in [-0.2, -0.15) is 0 Å². The van der Waals surface area contributed by atoms with Gasteiger partial charge in [-0.15, -0.1) is 0 Å². The summed E-state index contributed by atoms with van der Waals surface area (Å²) in [5.74, 6) is 0.865. The molecule has 1 aromatic carbocycles. The molecule has 1 aromatic rings. The van der Waals surface area contributed by atoms with Crippen LogP contribution in [0.3, 0.4) is 0 Å². The summed E-state index contributed by atoms with van der Waals surface area (Å²) < 4.78 is 5.51. The first kappa shape index (κ1) is 10.3. The van der Waals surface area contributed by atoms with Gasteiger partial charge in [0.2, 0.25) is 0 Å². The lowest BCUT2D eigenvalue weighted by Crippen LogP contribution is -2.03. The molecule has 0 heterocycles. The quantitative estimate of drug-likeness (QED) is 0.696. The van der Waals surface area contributed by atoms with Crippen LogP contribution in [0.1, 0.15) is 13.8 Å². The van der Waals surface area contributed by atoms with Crippen molar-refractivity contribution in [1.29, 1.82) is 0 Å². The highest BCUT2D eigenvalue weighted by Crippen LogP contribution is 2.15. The summed E-state index contributed by atoms with van der Waals surface area (Å²) in [7, 11) is 0.398. The van der Waals surface area contributed by atoms with Crippen molar-refractivity contribution in [3.05, 3.63) is 40.6 Å². The van der Waals surface area contributed by atoms with E-state index in [9.17, 15) is 0 Å². The van der Waals surface area contributed by atoms with Crippen LogP contribution < -0.4 is 4.43 Å². The molecule has 13 heavy (non-hydrogen) atoms. The largest absolute Gasteiger partial charge is 0.536 e. The fourth-order valence-corrected chi connectivity index (χ4v) is 1.36. The summed E-state index contributed by atoms with van der Waals surface area (Å²) in [6, 6.07) is 7.40. The SMILES string of the molecule is C/C=C(\C)[Si]Oc1ccc(Cl)cc1. The summed E-state index contributed by atoms with van der Waals surface area (Å²) in [5.41, 5.74) is 0. The van der Waals surface area contributed by atoms with Crippen LogP contribution in [0.25, 0.3) is 0 Å². The second-order valence-corrected chi connectivity index (χ2v) is 4.26. The maximum atomic E-state index is 5.74. The molecule has 2 radical (unpaired) electrons. The third-order valence-electron chi connectivity index (χ3n) is 1.58. The summed E-state index contributed by atoms with van der Waals surface area (Å²) >= 11 is 5.74. The minimum Gasteiger partial charge on any atom is -0.536 e. The lowest BCUT2D eigenvalue weighted by Gasteiger charge is -2.03. The van der Waals surface area contributed by atoms with E-state index in [0.29, 0.717) is 9.76 Å². The van der Waals surface area contributed by atoms with Crippen molar-refractivity contribution < 1.29 is 4.43 Å². The van der Waals surface area contributed by atoms with Crippen molar-refractivity contribution in [2.24, 2.45) is 0 Å². The van der Waals surface area contributed by atoms with Crippen LogP contribution in [-0.2, 0) is 0 Å². The van der Waals surface area contributed by atoms with Gasteiger partial charge in [0.05, 0.1) is 0 Å². The molecular formula is C10H11ClOSi. The van der Waals surface area contributed by atoms with E-state index in [-0.39, 0.29) is 0 Å². The lowest BCUT2D eigenvalue weighted by atomic mass is 10.3. The molecule has 0 bridgehead atoms. The van der Waals surface area contributed by atoms with E-state index >= 15 is 0 Å². The van der Waals surface area contributed by atoms with Crippen LogP contribution in [0.4, 0.5) is 0 Å². The molecule has 1 rings (SSSR count).